The van der Waals surface area contributed by atoms with E-state index in [0.29, 0.717) is 12.1 Å². The first-order valence-electron chi connectivity index (χ1n) is 6.96. The number of rotatable bonds is 6. The smallest absolute Gasteiger partial charge is 0.308 e. The summed E-state index contributed by atoms with van der Waals surface area (Å²) in [6.07, 6.45) is 0.808. The summed E-state index contributed by atoms with van der Waals surface area (Å²) in [5, 5.41) is 8.99. The first kappa shape index (κ1) is 16.2. The largest absolute Gasteiger partial charge is 0.481 e. The van der Waals surface area contributed by atoms with E-state index in [1.165, 1.54) is 0 Å². The van der Waals surface area contributed by atoms with Gasteiger partial charge in [-0.1, -0.05) is 19.9 Å². The molecule has 1 unspecified atom stereocenters. The summed E-state index contributed by atoms with van der Waals surface area (Å²) >= 11 is 0. The molecule has 0 saturated carbocycles. The minimum absolute atomic E-state index is 0.0944. The van der Waals surface area contributed by atoms with Crippen molar-refractivity contribution in [3.05, 3.63) is 34.9 Å². The van der Waals surface area contributed by atoms with Crippen molar-refractivity contribution in [2.24, 2.45) is 5.92 Å². The number of hydrogen-bond donors (Lipinski definition) is 1. The summed E-state index contributed by atoms with van der Waals surface area (Å²) in [5.74, 6) is -1.53. The fraction of sp³-hybridized carbons (Fsp3) is 0.500. The quantitative estimate of drug-likeness (QED) is 0.869. The van der Waals surface area contributed by atoms with Gasteiger partial charge >= 0.3 is 5.97 Å². The molecule has 1 amide bonds. The SMILES string of the molecule is CCCN(CC(C)C(=O)O)C(=O)c1ccc(C)c(C)c1. The zero-order valence-electron chi connectivity index (χ0n) is 12.6. The zero-order valence-corrected chi connectivity index (χ0v) is 12.6. The first-order chi connectivity index (χ1) is 9.36. The molecular weight excluding hydrogens is 254 g/mol. The first-order valence-corrected chi connectivity index (χ1v) is 6.96. The van der Waals surface area contributed by atoms with Gasteiger partial charge in [0.1, 0.15) is 0 Å². The van der Waals surface area contributed by atoms with E-state index in [-0.39, 0.29) is 12.5 Å². The summed E-state index contributed by atoms with van der Waals surface area (Å²) in [5.41, 5.74) is 2.83. The lowest BCUT2D eigenvalue weighted by Crippen LogP contribution is -2.37. The van der Waals surface area contributed by atoms with Gasteiger partial charge in [-0.05, 0) is 43.5 Å². The van der Waals surface area contributed by atoms with Gasteiger partial charge in [-0.3, -0.25) is 9.59 Å². The highest BCUT2D eigenvalue weighted by Crippen LogP contribution is 2.13. The molecule has 1 rings (SSSR count). The Morgan fingerprint density at radius 3 is 2.40 bits per heavy atom. The Morgan fingerprint density at radius 1 is 1.25 bits per heavy atom. The second kappa shape index (κ2) is 7.08. The van der Waals surface area contributed by atoms with Gasteiger partial charge in [0.05, 0.1) is 5.92 Å². The summed E-state index contributed by atoms with van der Waals surface area (Å²) < 4.78 is 0. The van der Waals surface area contributed by atoms with Gasteiger partial charge < -0.3 is 10.0 Å². The van der Waals surface area contributed by atoms with Gasteiger partial charge in [0.25, 0.3) is 5.91 Å². The van der Waals surface area contributed by atoms with Crippen LogP contribution in [-0.4, -0.2) is 35.0 Å². The molecule has 0 aliphatic rings. The van der Waals surface area contributed by atoms with Crippen LogP contribution in [0.5, 0.6) is 0 Å². The van der Waals surface area contributed by atoms with E-state index in [2.05, 4.69) is 0 Å². The summed E-state index contributed by atoms with van der Waals surface area (Å²) in [6.45, 7) is 8.39. The third kappa shape index (κ3) is 4.08. The van der Waals surface area contributed by atoms with E-state index < -0.39 is 11.9 Å². The maximum absolute atomic E-state index is 12.5. The molecule has 0 saturated heterocycles. The van der Waals surface area contributed by atoms with Crippen LogP contribution in [0.15, 0.2) is 18.2 Å². The van der Waals surface area contributed by atoms with Crippen molar-refractivity contribution in [2.45, 2.75) is 34.1 Å². The van der Waals surface area contributed by atoms with Gasteiger partial charge in [0, 0.05) is 18.7 Å². The van der Waals surface area contributed by atoms with Crippen LogP contribution in [0.25, 0.3) is 0 Å². The molecule has 0 aromatic heterocycles. The number of benzene rings is 1. The van der Waals surface area contributed by atoms with Crippen molar-refractivity contribution in [1.82, 2.24) is 4.90 Å². The Kier molecular flexibility index (Phi) is 5.74. The van der Waals surface area contributed by atoms with E-state index >= 15 is 0 Å². The summed E-state index contributed by atoms with van der Waals surface area (Å²) in [7, 11) is 0. The molecule has 0 heterocycles. The van der Waals surface area contributed by atoms with Gasteiger partial charge in [0.2, 0.25) is 0 Å². The summed E-state index contributed by atoms with van der Waals surface area (Å²) in [4.78, 5) is 25.1. The molecule has 0 fully saturated rings. The van der Waals surface area contributed by atoms with Crippen molar-refractivity contribution in [2.75, 3.05) is 13.1 Å². The predicted octanol–water partition coefficient (Wildman–Crippen LogP) is 2.88. The molecule has 0 aliphatic carbocycles. The zero-order chi connectivity index (χ0) is 15.3. The van der Waals surface area contributed by atoms with Gasteiger partial charge in [-0.25, -0.2) is 0 Å². The average Bonchev–Trinajstić information content (AvgIpc) is 2.40. The van der Waals surface area contributed by atoms with Crippen LogP contribution in [0.3, 0.4) is 0 Å². The van der Waals surface area contributed by atoms with Crippen LogP contribution in [-0.2, 0) is 4.79 Å². The number of hydrogen-bond acceptors (Lipinski definition) is 2. The molecular formula is C16H23NO3. The van der Waals surface area contributed by atoms with Crippen LogP contribution in [0.4, 0.5) is 0 Å². The number of carboxylic acid groups (broad SMARTS) is 1. The minimum Gasteiger partial charge on any atom is -0.481 e. The van der Waals surface area contributed by atoms with Gasteiger partial charge in [0.15, 0.2) is 0 Å². The molecule has 1 aromatic carbocycles. The van der Waals surface area contributed by atoms with Gasteiger partial charge in [-0.2, -0.15) is 0 Å². The Hall–Kier alpha value is -1.84. The molecule has 0 bridgehead atoms. The fourth-order valence-corrected chi connectivity index (χ4v) is 2.01. The minimum atomic E-state index is -0.876. The highest BCUT2D eigenvalue weighted by atomic mass is 16.4. The van der Waals surface area contributed by atoms with E-state index in [1.807, 2.05) is 32.9 Å². The lowest BCUT2D eigenvalue weighted by atomic mass is 10.0. The van der Waals surface area contributed by atoms with Crippen LogP contribution >= 0.6 is 0 Å². The Labute approximate surface area is 120 Å². The van der Waals surface area contributed by atoms with Crippen LogP contribution in [0, 0.1) is 19.8 Å². The number of aryl methyl sites for hydroxylation is 2. The van der Waals surface area contributed by atoms with Crippen molar-refractivity contribution in [1.29, 1.82) is 0 Å². The third-order valence-electron chi connectivity index (χ3n) is 3.45. The fourth-order valence-electron chi connectivity index (χ4n) is 2.01. The number of carbonyl (C=O) groups is 2. The van der Waals surface area contributed by atoms with E-state index in [0.717, 1.165) is 17.5 Å². The monoisotopic (exact) mass is 277 g/mol. The highest BCUT2D eigenvalue weighted by Gasteiger charge is 2.21. The second-order valence-electron chi connectivity index (χ2n) is 5.29. The molecule has 110 valence electrons. The average molecular weight is 277 g/mol. The predicted molar refractivity (Wildman–Crippen MR) is 78.9 cm³/mol. The van der Waals surface area contributed by atoms with E-state index in [4.69, 9.17) is 5.11 Å². The third-order valence-corrected chi connectivity index (χ3v) is 3.45. The molecule has 1 N–H and O–H groups in total. The van der Waals surface area contributed by atoms with Crippen molar-refractivity contribution >= 4 is 11.9 Å². The second-order valence-corrected chi connectivity index (χ2v) is 5.29. The Bertz CT molecular complexity index is 496. The molecule has 1 atom stereocenters. The van der Waals surface area contributed by atoms with Gasteiger partial charge in [-0.15, -0.1) is 0 Å². The van der Waals surface area contributed by atoms with Crippen molar-refractivity contribution in [3.63, 3.8) is 0 Å². The van der Waals surface area contributed by atoms with Crippen LogP contribution in [0.2, 0.25) is 0 Å². The van der Waals surface area contributed by atoms with E-state index in [1.54, 1.807) is 17.9 Å². The van der Waals surface area contributed by atoms with Crippen LogP contribution in [0.1, 0.15) is 41.8 Å². The molecule has 0 radical (unpaired) electrons. The topological polar surface area (TPSA) is 57.6 Å². The lowest BCUT2D eigenvalue weighted by Gasteiger charge is -2.24. The highest BCUT2D eigenvalue weighted by molar-refractivity contribution is 5.94. The van der Waals surface area contributed by atoms with Crippen LogP contribution < -0.4 is 0 Å². The van der Waals surface area contributed by atoms with E-state index in [9.17, 15) is 9.59 Å². The molecule has 0 aliphatic heterocycles. The van der Waals surface area contributed by atoms with Crippen molar-refractivity contribution < 1.29 is 14.7 Å². The Balaban J connectivity index is 2.92. The summed E-state index contributed by atoms with van der Waals surface area (Å²) in [6, 6.07) is 5.60. The molecule has 0 spiro atoms. The molecule has 20 heavy (non-hydrogen) atoms. The molecule has 4 nitrogen and oxygen atoms in total. The molecule has 4 heteroatoms. The number of aliphatic carboxylic acids is 1. The number of amides is 1. The number of nitrogens with zero attached hydrogens (tertiary/aromatic N) is 1. The maximum atomic E-state index is 12.5. The normalized spacial score (nSPS) is 12.0. The number of carboxylic acids is 1. The molecule has 1 aromatic rings. The van der Waals surface area contributed by atoms with Crippen molar-refractivity contribution in [3.8, 4) is 0 Å². The maximum Gasteiger partial charge on any atom is 0.308 e. The standard InChI is InChI=1S/C16H23NO3/c1-5-8-17(10-13(4)16(19)20)15(18)14-7-6-11(2)12(3)9-14/h6-7,9,13H,5,8,10H2,1-4H3,(H,19,20). The number of carbonyl (C=O) groups excluding carboxylic acids is 1. The lowest BCUT2D eigenvalue weighted by molar-refractivity contribution is -0.141. The Morgan fingerprint density at radius 2 is 1.90 bits per heavy atom.